The lowest BCUT2D eigenvalue weighted by molar-refractivity contribution is 0.569. The van der Waals surface area contributed by atoms with Gasteiger partial charge < -0.3 is 10.2 Å². The van der Waals surface area contributed by atoms with Crippen LogP contribution in [0.15, 0.2) is 22.7 Å². The Hall–Kier alpha value is -0.980. The normalized spacial score (nSPS) is 11.9. The van der Waals surface area contributed by atoms with E-state index in [4.69, 9.17) is 6.42 Å². The first-order valence-electron chi connectivity index (χ1n) is 6.85. The molecule has 0 spiro atoms. The van der Waals surface area contributed by atoms with Crippen molar-refractivity contribution >= 4 is 21.6 Å². The molecule has 19 heavy (non-hydrogen) atoms. The summed E-state index contributed by atoms with van der Waals surface area (Å²) in [6.07, 6.45) is 6.54. The van der Waals surface area contributed by atoms with Gasteiger partial charge in [0.15, 0.2) is 0 Å². The molecular formula is C16H23BrN2. The number of nitrogens with one attached hydrogen (secondary N) is 1. The summed E-state index contributed by atoms with van der Waals surface area (Å²) in [4.78, 5) is 2.18. The molecule has 0 saturated carbocycles. The van der Waals surface area contributed by atoms with E-state index >= 15 is 0 Å². The van der Waals surface area contributed by atoms with Crippen LogP contribution in [-0.2, 0) is 0 Å². The molecule has 1 rings (SSSR count). The summed E-state index contributed by atoms with van der Waals surface area (Å²) in [6.45, 7) is 9.08. The van der Waals surface area contributed by atoms with Crippen LogP contribution in [0.4, 0.5) is 5.69 Å². The van der Waals surface area contributed by atoms with Crippen molar-refractivity contribution in [3.8, 4) is 12.3 Å². The number of rotatable bonds is 7. The third-order valence-corrected chi connectivity index (χ3v) is 3.87. The third kappa shape index (κ3) is 4.56. The molecule has 0 aliphatic rings. The molecule has 1 unspecified atom stereocenters. The SMILES string of the molecule is C#CCN(CC)c1ccc(C(C)NCCC)c(Br)c1. The molecule has 0 amide bonds. The van der Waals surface area contributed by atoms with Gasteiger partial charge in [-0.15, -0.1) is 6.42 Å². The fraction of sp³-hybridized carbons (Fsp3) is 0.500. The van der Waals surface area contributed by atoms with Crippen LogP contribution in [0.25, 0.3) is 0 Å². The number of hydrogen-bond acceptors (Lipinski definition) is 2. The molecular weight excluding hydrogens is 300 g/mol. The van der Waals surface area contributed by atoms with E-state index in [9.17, 15) is 0 Å². The van der Waals surface area contributed by atoms with Crippen molar-refractivity contribution in [1.29, 1.82) is 0 Å². The Morgan fingerprint density at radius 1 is 1.42 bits per heavy atom. The van der Waals surface area contributed by atoms with Gasteiger partial charge in [-0.3, -0.25) is 0 Å². The first-order valence-corrected chi connectivity index (χ1v) is 7.64. The highest BCUT2D eigenvalue weighted by molar-refractivity contribution is 9.10. The Morgan fingerprint density at radius 2 is 2.16 bits per heavy atom. The lowest BCUT2D eigenvalue weighted by Gasteiger charge is -2.22. The van der Waals surface area contributed by atoms with Crippen molar-refractivity contribution in [2.75, 3.05) is 24.5 Å². The van der Waals surface area contributed by atoms with Crippen molar-refractivity contribution in [1.82, 2.24) is 5.32 Å². The Balaban J connectivity index is 2.87. The first kappa shape index (κ1) is 16.1. The lowest BCUT2D eigenvalue weighted by Crippen LogP contribution is -2.23. The Morgan fingerprint density at radius 3 is 2.68 bits per heavy atom. The van der Waals surface area contributed by atoms with Crippen LogP contribution in [0, 0.1) is 12.3 Å². The van der Waals surface area contributed by atoms with Crippen molar-refractivity contribution in [2.24, 2.45) is 0 Å². The summed E-state index contributed by atoms with van der Waals surface area (Å²) in [5.41, 5.74) is 2.45. The van der Waals surface area contributed by atoms with Gasteiger partial charge in [-0.1, -0.05) is 34.8 Å². The van der Waals surface area contributed by atoms with Gasteiger partial charge in [0, 0.05) is 22.7 Å². The third-order valence-electron chi connectivity index (χ3n) is 3.18. The van der Waals surface area contributed by atoms with Crippen LogP contribution in [0.2, 0.25) is 0 Å². The van der Waals surface area contributed by atoms with E-state index in [1.807, 2.05) is 0 Å². The van der Waals surface area contributed by atoms with Gasteiger partial charge >= 0.3 is 0 Å². The second-order valence-corrected chi connectivity index (χ2v) is 5.45. The van der Waals surface area contributed by atoms with E-state index < -0.39 is 0 Å². The molecule has 1 atom stereocenters. The molecule has 2 nitrogen and oxygen atoms in total. The number of nitrogens with zero attached hydrogens (tertiary/aromatic N) is 1. The average Bonchev–Trinajstić information content (AvgIpc) is 2.42. The van der Waals surface area contributed by atoms with Crippen molar-refractivity contribution < 1.29 is 0 Å². The molecule has 1 aromatic rings. The predicted octanol–water partition coefficient (Wildman–Crippen LogP) is 3.97. The smallest absolute Gasteiger partial charge is 0.0791 e. The Kier molecular flexibility index (Phi) is 6.97. The zero-order valence-electron chi connectivity index (χ0n) is 12.0. The summed E-state index contributed by atoms with van der Waals surface area (Å²) in [5.74, 6) is 2.70. The average molecular weight is 323 g/mol. The molecule has 1 aromatic carbocycles. The Bertz CT molecular complexity index is 437. The standard InChI is InChI=1S/C16H23BrN2/c1-5-10-18-13(4)15-9-8-14(12-16(15)17)19(7-3)11-6-2/h2,8-9,12-13,18H,5,7,10-11H2,1,3-4H3. The molecule has 0 aliphatic heterocycles. The zero-order valence-corrected chi connectivity index (χ0v) is 13.6. The van der Waals surface area contributed by atoms with Gasteiger partial charge in [-0.05, 0) is 44.5 Å². The van der Waals surface area contributed by atoms with Crippen LogP contribution in [0.1, 0.15) is 38.8 Å². The van der Waals surface area contributed by atoms with Gasteiger partial charge in [0.05, 0.1) is 6.54 Å². The highest BCUT2D eigenvalue weighted by Gasteiger charge is 2.11. The zero-order chi connectivity index (χ0) is 14.3. The van der Waals surface area contributed by atoms with Crippen molar-refractivity contribution in [2.45, 2.75) is 33.2 Å². The van der Waals surface area contributed by atoms with Gasteiger partial charge in [-0.2, -0.15) is 0 Å². The molecule has 1 N–H and O–H groups in total. The number of anilines is 1. The maximum Gasteiger partial charge on any atom is 0.0791 e. The molecule has 0 bridgehead atoms. The van der Waals surface area contributed by atoms with E-state index in [0.717, 1.165) is 24.0 Å². The highest BCUT2D eigenvalue weighted by Crippen LogP contribution is 2.28. The second kappa shape index (κ2) is 8.24. The van der Waals surface area contributed by atoms with E-state index in [-0.39, 0.29) is 0 Å². The van der Waals surface area contributed by atoms with Crippen LogP contribution < -0.4 is 10.2 Å². The molecule has 3 heteroatoms. The van der Waals surface area contributed by atoms with Crippen LogP contribution >= 0.6 is 15.9 Å². The molecule has 0 radical (unpaired) electrons. The van der Waals surface area contributed by atoms with E-state index in [1.54, 1.807) is 0 Å². The number of benzene rings is 1. The molecule has 104 valence electrons. The molecule has 0 fully saturated rings. The molecule has 0 saturated heterocycles. The predicted molar refractivity (Wildman–Crippen MR) is 87.6 cm³/mol. The fourth-order valence-electron chi connectivity index (χ4n) is 2.03. The number of hydrogen-bond donors (Lipinski definition) is 1. The summed E-state index contributed by atoms with van der Waals surface area (Å²) in [5, 5.41) is 3.50. The number of terminal acetylenes is 1. The summed E-state index contributed by atoms with van der Waals surface area (Å²) in [7, 11) is 0. The fourth-order valence-corrected chi connectivity index (χ4v) is 2.74. The van der Waals surface area contributed by atoms with Crippen LogP contribution in [0.3, 0.4) is 0 Å². The highest BCUT2D eigenvalue weighted by atomic mass is 79.9. The van der Waals surface area contributed by atoms with E-state index in [0.29, 0.717) is 12.6 Å². The Labute approximate surface area is 125 Å². The minimum absolute atomic E-state index is 0.353. The second-order valence-electron chi connectivity index (χ2n) is 4.60. The molecule has 0 heterocycles. The summed E-state index contributed by atoms with van der Waals surface area (Å²) < 4.78 is 1.14. The lowest BCUT2D eigenvalue weighted by atomic mass is 10.1. The van der Waals surface area contributed by atoms with Gasteiger partial charge in [0.25, 0.3) is 0 Å². The topological polar surface area (TPSA) is 15.3 Å². The van der Waals surface area contributed by atoms with Gasteiger partial charge in [-0.25, -0.2) is 0 Å². The first-order chi connectivity index (χ1) is 9.13. The van der Waals surface area contributed by atoms with Crippen LogP contribution in [-0.4, -0.2) is 19.6 Å². The van der Waals surface area contributed by atoms with Crippen molar-refractivity contribution in [3.63, 3.8) is 0 Å². The maximum atomic E-state index is 5.40. The maximum absolute atomic E-state index is 5.40. The van der Waals surface area contributed by atoms with E-state index in [2.05, 4.69) is 71.0 Å². The number of halogens is 1. The summed E-state index contributed by atoms with van der Waals surface area (Å²) in [6, 6.07) is 6.82. The summed E-state index contributed by atoms with van der Waals surface area (Å²) >= 11 is 3.67. The van der Waals surface area contributed by atoms with Gasteiger partial charge in [0.1, 0.15) is 0 Å². The quantitative estimate of drug-likeness (QED) is 0.764. The van der Waals surface area contributed by atoms with Crippen LogP contribution in [0.5, 0.6) is 0 Å². The van der Waals surface area contributed by atoms with Crippen molar-refractivity contribution in [3.05, 3.63) is 28.2 Å². The molecule has 0 aliphatic carbocycles. The monoisotopic (exact) mass is 322 g/mol. The largest absolute Gasteiger partial charge is 0.361 e. The van der Waals surface area contributed by atoms with E-state index in [1.165, 1.54) is 11.3 Å². The minimum Gasteiger partial charge on any atom is -0.361 e. The van der Waals surface area contributed by atoms with Gasteiger partial charge in [0.2, 0.25) is 0 Å². The molecule has 0 aromatic heterocycles. The minimum atomic E-state index is 0.353.